The van der Waals surface area contributed by atoms with Gasteiger partial charge in [-0.3, -0.25) is 9.79 Å². The van der Waals surface area contributed by atoms with Gasteiger partial charge in [-0.1, -0.05) is 0 Å². The minimum absolute atomic E-state index is 0.208. The molecule has 0 aromatic heterocycles. The van der Waals surface area contributed by atoms with Crippen molar-refractivity contribution in [3.63, 3.8) is 0 Å². The van der Waals surface area contributed by atoms with Crippen molar-refractivity contribution in [2.75, 3.05) is 13.6 Å². The van der Waals surface area contributed by atoms with Crippen LogP contribution in [0.25, 0.3) is 0 Å². The molecule has 14 heavy (non-hydrogen) atoms. The van der Waals surface area contributed by atoms with Gasteiger partial charge in [-0.05, 0) is 38.1 Å². The summed E-state index contributed by atoms with van der Waals surface area (Å²) in [6.45, 7) is 0.619. The van der Waals surface area contributed by atoms with Gasteiger partial charge in [0.2, 0.25) is 0 Å². The summed E-state index contributed by atoms with van der Waals surface area (Å²) in [6, 6.07) is 0. The molecule has 0 amide bonds. The molecule has 80 valence electrons. The van der Waals surface area contributed by atoms with Crippen LogP contribution in [0, 0.1) is 0 Å². The first-order valence-electron chi connectivity index (χ1n) is 4.88. The minimum Gasteiger partial charge on any atom is -0.481 e. The van der Waals surface area contributed by atoms with E-state index in [1.807, 2.05) is 12.4 Å². The highest BCUT2D eigenvalue weighted by Crippen LogP contribution is 1.92. The number of aliphatic imine (C=N–C) groups is 2. The standard InChI is InChI=1S/C10H18N2O2/c1-11-7-3-2-4-8-12-9-5-6-10(13)14/h7-8H,2-6,9H2,1H3,(H,13,14)/b11-7+,12-8+. The first-order valence-corrected chi connectivity index (χ1v) is 4.88. The Morgan fingerprint density at radius 1 is 1.29 bits per heavy atom. The van der Waals surface area contributed by atoms with E-state index in [9.17, 15) is 4.79 Å². The summed E-state index contributed by atoms with van der Waals surface area (Å²) >= 11 is 0. The summed E-state index contributed by atoms with van der Waals surface area (Å²) in [6.07, 6.45) is 7.57. The Morgan fingerprint density at radius 3 is 2.64 bits per heavy atom. The normalized spacial score (nSPS) is 11.5. The highest BCUT2D eigenvalue weighted by atomic mass is 16.4. The zero-order chi connectivity index (χ0) is 10.6. The second-order valence-electron chi connectivity index (χ2n) is 2.96. The van der Waals surface area contributed by atoms with E-state index in [-0.39, 0.29) is 6.42 Å². The molecule has 0 atom stereocenters. The van der Waals surface area contributed by atoms with E-state index in [4.69, 9.17) is 5.11 Å². The van der Waals surface area contributed by atoms with Gasteiger partial charge in [0.1, 0.15) is 0 Å². The maximum Gasteiger partial charge on any atom is 0.303 e. The third kappa shape index (κ3) is 10.8. The molecule has 1 N–H and O–H groups in total. The van der Waals surface area contributed by atoms with Crippen molar-refractivity contribution in [2.24, 2.45) is 9.98 Å². The van der Waals surface area contributed by atoms with E-state index in [1.54, 1.807) is 7.05 Å². The number of rotatable bonds is 8. The first kappa shape index (κ1) is 12.8. The lowest BCUT2D eigenvalue weighted by molar-refractivity contribution is -0.137. The highest BCUT2D eigenvalue weighted by Gasteiger charge is 1.93. The average Bonchev–Trinajstić information content (AvgIpc) is 2.15. The maximum absolute atomic E-state index is 10.1. The number of carboxylic acid groups (broad SMARTS) is 1. The molecular formula is C10H18N2O2. The van der Waals surface area contributed by atoms with Crippen LogP contribution in [0.1, 0.15) is 32.1 Å². The van der Waals surface area contributed by atoms with Crippen LogP contribution in [0.5, 0.6) is 0 Å². The highest BCUT2D eigenvalue weighted by molar-refractivity contribution is 5.66. The van der Waals surface area contributed by atoms with E-state index >= 15 is 0 Å². The monoisotopic (exact) mass is 198 g/mol. The van der Waals surface area contributed by atoms with Crippen LogP contribution in [0.15, 0.2) is 9.98 Å². The lowest BCUT2D eigenvalue weighted by atomic mass is 10.2. The first-order chi connectivity index (χ1) is 6.77. The van der Waals surface area contributed by atoms with E-state index < -0.39 is 5.97 Å². The van der Waals surface area contributed by atoms with Crippen molar-refractivity contribution in [3.05, 3.63) is 0 Å². The minimum atomic E-state index is -0.751. The smallest absolute Gasteiger partial charge is 0.303 e. The number of unbranched alkanes of at least 4 members (excludes halogenated alkanes) is 2. The van der Waals surface area contributed by atoms with Gasteiger partial charge in [0, 0.05) is 20.0 Å². The molecule has 0 rings (SSSR count). The Kier molecular flexibility index (Phi) is 9.05. The quantitative estimate of drug-likeness (QED) is 0.477. The van der Waals surface area contributed by atoms with Crippen molar-refractivity contribution in [1.82, 2.24) is 0 Å². The molecule has 4 nitrogen and oxygen atoms in total. The maximum atomic E-state index is 10.1. The van der Waals surface area contributed by atoms with Crippen LogP contribution < -0.4 is 0 Å². The number of carbonyl (C=O) groups is 1. The average molecular weight is 198 g/mol. The molecule has 0 aromatic carbocycles. The van der Waals surface area contributed by atoms with Gasteiger partial charge in [-0.25, -0.2) is 0 Å². The number of carboxylic acids is 1. The molecule has 0 heterocycles. The summed E-state index contributed by atoms with van der Waals surface area (Å²) in [5.41, 5.74) is 0. The predicted octanol–water partition coefficient (Wildman–Crippen LogP) is 1.79. The Balaban J connectivity index is 3.15. The van der Waals surface area contributed by atoms with Crippen molar-refractivity contribution < 1.29 is 9.90 Å². The lowest BCUT2D eigenvalue weighted by Crippen LogP contribution is -1.95. The van der Waals surface area contributed by atoms with Crippen molar-refractivity contribution in [2.45, 2.75) is 32.1 Å². The summed E-state index contributed by atoms with van der Waals surface area (Å²) in [7, 11) is 1.76. The molecule has 0 aliphatic rings. The summed E-state index contributed by atoms with van der Waals surface area (Å²) in [5.74, 6) is -0.751. The van der Waals surface area contributed by atoms with Gasteiger partial charge in [0.25, 0.3) is 0 Å². The fraction of sp³-hybridized carbons (Fsp3) is 0.700. The van der Waals surface area contributed by atoms with Crippen LogP contribution in [0.4, 0.5) is 0 Å². The Bertz CT molecular complexity index is 200. The van der Waals surface area contributed by atoms with E-state index in [0.29, 0.717) is 13.0 Å². The Morgan fingerprint density at radius 2 is 2.00 bits per heavy atom. The molecule has 0 aromatic rings. The Hall–Kier alpha value is -1.19. The molecular weight excluding hydrogens is 180 g/mol. The van der Waals surface area contributed by atoms with Crippen molar-refractivity contribution in [3.8, 4) is 0 Å². The molecule has 0 radical (unpaired) electrons. The number of nitrogens with zero attached hydrogens (tertiary/aromatic N) is 2. The van der Waals surface area contributed by atoms with Crippen LogP contribution in [-0.4, -0.2) is 37.1 Å². The third-order valence-electron chi connectivity index (χ3n) is 1.66. The molecule has 0 aliphatic heterocycles. The molecule has 0 saturated heterocycles. The van der Waals surface area contributed by atoms with Gasteiger partial charge in [-0.2, -0.15) is 0 Å². The van der Waals surface area contributed by atoms with Gasteiger partial charge >= 0.3 is 5.97 Å². The zero-order valence-electron chi connectivity index (χ0n) is 8.65. The number of hydrogen-bond donors (Lipinski definition) is 1. The molecule has 0 aliphatic carbocycles. The van der Waals surface area contributed by atoms with Gasteiger partial charge in [0.15, 0.2) is 0 Å². The van der Waals surface area contributed by atoms with Crippen LogP contribution in [-0.2, 0) is 4.79 Å². The van der Waals surface area contributed by atoms with E-state index in [1.165, 1.54) is 0 Å². The fourth-order valence-corrected chi connectivity index (χ4v) is 0.934. The summed E-state index contributed by atoms with van der Waals surface area (Å²) < 4.78 is 0. The van der Waals surface area contributed by atoms with E-state index in [2.05, 4.69) is 9.98 Å². The summed E-state index contributed by atoms with van der Waals surface area (Å²) in [4.78, 5) is 18.1. The number of aliphatic carboxylic acids is 1. The van der Waals surface area contributed by atoms with Gasteiger partial charge < -0.3 is 10.1 Å². The third-order valence-corrected chi connectivity index (χ3v) is 1.66. The van der Waals surface area contributed by atoms with Gasteiger partial charge in [0.05, 0.1) is 0 Å². The van der Waals surface area contributed by atoms with E-state index in [0.717, 1.165) is 19.3 Å². The lowest BCUT2D eigenvalue weighted by Gasteiger charge is -1.91. The van der Waals surface area contributed by atoms with Crippen LogP contribution >= 0.6 is 0 Å². The topological polar surface area (TPSA) is 62.0 Å². The molecule has 0 bridgehead atoms. The Labute approximate surface area is 84.8 Å². The molecule has 0 unspecified atom stereocenters. The van der Waals surface area contributed by atoms with Crippen LogP contribution in [0.3, 0.4) is 0 Å². The van der Waals surface area contributed by atoms with Crippen LogP contribution in [0.2, 0.25) is 0 Å². The molecule has 4 heteroatoms. The molecule has 0 saturated carbocycles. The number of hydrogen-bond acceptors (Lipinski definition) is 3. The largest absolute Gasteiger partial charge is 0.481 e. The zero-order valence-corrected chi connectivity index (χ0v) is 8.65. The second kappa shape index (κ2) is 9.89. The predicted molar refractivity (Wildman–Crippen MR) is 58.5 cm³/mol. The SMILES string of the molecule is C/N=C/CCC/C=N/CCCC(=O)O. The van der Waals surface area contributed by atoms with Crippen molar-refractivity contribution >= 4 is 18.4 Å². The molecule has 0 spiro atoms. The second-order valence-corrected chi connectivity index (χ2v) is 2.96. The van der Waals surface area contributed by atoms with Crippen molar-refractivity contribution in [1.29, 1.82) is 0 Å². The van der Waals surface area contributed by atoms with Gasteiger partial charge in [-0.15, -0.1) is 0 Å². The summed E-state index contributed by atoms with van der Waals surface area (Å²) in [5, 5.41) is 8.35. The fourth-order valence-electron chi connectivity index (χ4n) is 0.934. The molecule has 0 fully saturated rings.